The number of thiazole rings is 1. The Morgan fingerprint density at radius 1 is 1.30 bits per heavy atom. The molecule has 0 fully saturated rings. The Bertz CT molecular complexity index is 672. The van der Waals surface area contributed by atoms with E-state index in [4.69, 9.17) is 23.2 Å². The molecule has 2 aromatic rings. The first-order valence-electron chi connectivity index (χ1n) is 7.60. The predicted octanol–water partition coefficient (Wildman–Crippen LogP) is 4.99. The van der Waals surface area contributed by atoms with E-state index in [9.17, 15) is 4.79 Å². The maximum Gasteiger partial charge on any atom is 0.222 e. The molecule has 1 amide bonds. The van der Waals surface area contributed by atoms with Crippen molar-refractivity contribution in [2.24, 2.45) is 0 Å². The van der Waals surface area contributed by atoms with E-state index in [1.807, 2.05) is 24.6 Å². The number of halogens is 2. The summed E-state index contributed by atoms with van der Waals surface area (Å²) in [5.74, 6) is 0.135. The van der Waals surface area contributed by atoms with Crippen LogP contribution in [0.2, 0.25) is 10.0 Å². The van der Waals surface area contributed by atoms with Crippen LogP contribution < -0.4 is 0 Å². The number of carbonyl (C=O) groups is 1. The standard InChI is InChI=1S/C17H20Cl2N2OS/c1-3-16-20-13(11-23-16)10-21(2)17(22)6-4-5-12-7-8-14(18)15(19)9-12/h7-9,11H,3-6,10H2,1-2H3. The highest BCUT2D eigenvalue weighted by Gasteiger charge is 2.11. The number of carbonyl (C=O) groups excluding carboxylic acids is 1. The topological polar surface area (TPSA) is 33.2 Å². The molecule has 0 radical (unpaired) electrons. The van der Waals surface area contributed by atoms with Crippen molar-refractivity contribution in [2.75, 3.05) is 7.05 Å². The first kappa shape index (κ1) is 18.2. The van der Waals surface area contributed by atoms with Gasteiger partial charge in [-0.1, -0.05) is 36.2 Å². The maximum absolute atomic E-state index is 12.2. The van der Waals surface area contributed by atoms with Gasteiger partial charge in [-0.2, -0.15) is 0 Å². The van der Waals surface area contributed by atoms with Crippen molar-refractivity contribution in [3.63, 3.8) is 0 Å². The normalized spacial score (nSPS) is 10.8. The molecule has 0 atom stereocenters. The van der Waals surface area contributed by atoms with Crippen LogP contribution in [0.25, 0.3) is 0 Å². The molecule has 0 unspecified atom stereocenters. The molecule has 2 rings (SSSR count). The molecule has 1 aromatic carbocycles. The third-order valence-corrected chi connectivity index (χ3v) is 5.35. The van der Waals surface area contributed by atoms with Crippen molar-refractivity contribution < 1.29 is 4.79 Å². The zero-order valence-electron chi connectivity index (χ0n) is 13.3. The predicted molar refractivity (Wildman–Crippen MR) is 97.4 cm³/mol. The molecule has 0 aliphatic rings. The Balaban J connectivity index is 1.78. The van der Waals surface area contributed by atoms with Gasteiger partial charge in [-0.25, -0.2) is 4.98 Å². The lowest BCUT2D eigenvalue weighted by Gasteiger charge is -2.15. The number of amides is 1. The number of hydrogen-bond donors (Lipinski definition) is 0. The molecule has 1 heterocycles. The summed E-state index contributed by atoms with van der Waals surface area (Å²) in [6.45, 7) is 2.66. The quantitative estimate of drug-likeness (QED) is 0.687. The lowest BCUT2D eigenvalue weighted by atomic mass is 10.1. The molecule has 0 saturated heterocycles. The van der Waals surface area contributed by atoms with Crippen molar-refractivity contribution in [2.45, 2.75) is 39.2 Å². The summed E-state index contributed by atoms with van der Waals surface area (Å²) < 4.78 is 0. The average Bonchev–Trinajstić information content (AvgIpc) is 2.98. The van der Waals surface area contributed by atoms with E-state index >= 15 is 0 Å². The van der Waals surface area contributed by atoms with Gasteiger partial charge in [0, 0.05) is 18.8 Å². The van der Waals surface area contributed by atoms with Crippen LogP contribution in [0.15, 0.2) is 23.6 Å². The van der Waals surface area contributed by atoms with E-state index in [0.29, 0.717) is 23.0 Å². The summed E-state index contributed by atoms with van der Waals surface area (Å²) >= 11 is 13.5. The van der Waals surface area contributed by atoms with Crippen molar-refractivity contribution in [1.82, 2.24) is 9.88 Å². The highest BCUT2D eigenvalue weighted by molar-refractivity contribution is 7.09. The van der Waals surface area contributed by atoms with Crippen LogP contribution in [0.5, 0.6) is 0 Å². The van der Waals surface area contributed by atoms with Gasteiger partial charge in [-0.3, -0.25) is 4.79 Å². The second-order valence-corrected chi connectivity index (χ2v) is 7.20. The Morgan fingerprint density at radius 2 is 2.09 bits per heavy atom. The molecule has 0 spiro atoms. The van der Waals surface area contributed by atoms with E-state index in [0.717, 1.165) is 35.5 Å². The monoisotopic (exact) mass is 370 g/mol. The largest absolute Gasteiger partial charge is 0.340 e. The molecular formula is C17H20Cl2N2OS. The Kier molecular flexibility index (Phi) is 6.88. The average molecular weight is 371 g/mol. The van der Waals surface area contributed by atoms with Crippen molar-refractivity contribution in [3.8, 4) is 0 Å². The fourth-order valence-electron chi connectivity index (χ4n) is 2.24. The van der Waals surface area contributed by atoms with Crippen LogP contribution in [-0.2, 0) is 24.2 Å². The summed E-state index contributed by atoms with van der Waals surface area (Å²) in [7, 11) is 1.83. The molecule has 0 aliphatic heterocycles. The molecule has 0 saturated carbocycles. The minimum Gasteiger partial charge on any atom is -0.340 e. The number of nitrogens with zero attached hydrogens (tertiary/aromatic N) is 2. The number of aryl methyl sites for hydroxylation is 2. The van der Waals surface area contributed by atoms with Crippen LogP contribution in [0.1, 0.15) is 36.0 Å². The lowest BCUT2D eigenvalue weighted by molar-refractivity contribution is -0.130. The van der Waals surface area contributed by atoms with Gasteiger partial charge < -0.3 is 4.90 Å². The Morgan fingerprint density at radius 3 is 2.74 bits per heavy atom. The van der Waals surface area contributed by atoms with Gasteiger partial charge >= 0.3 is 0 Å². The summed E-state index contributed by atoms with van der Waals surface area (Å²) in [4.78, 5) is 18.4. The van der Waals surface area contributed by atoms with Gasteiger partial charge in [0.25, 0.3) is 0 Å². The molecule has 0 N–H and O–H groups in total. The molecule has 3 nitrogen and oxygen atoms in total. The highest BCUT2D eigenvalue weighted by atomic mass is 35.5. The molecule has 1 aromatic heterocycles. The number of rotatable bonds is 7. The summed E-state index contributed by atoms with van der Waals surface area (Å²) in [6.07, 6.45) is 3.05. The number of benzene rings is 1. The van der Waals surface area contributed by atoms with Crippen molar-refractivity contribution >= 4 is 40.4 Å². The number of aromatic nitrogens is 1. The Hall–Kier alpha value is -1.10. The third kappa shape index (κ3) is 5.48. The smallest absolute Gasteiger partial charge is 0.222 e. The molecule has 0 aliphatic carbocycles. The van der Waals surface area contributed by atoms with E-state index in [1.54, 1.807) is 22.3 Å². The van der Waals surface area contributed by atoms with Crippen molar-refractivity contribution in [3.05, 3.63) is 49.9 Å². The number of hydrogen-bond acceptors (Lipinski definition) is 3. The molecule has 6 heteroatoms. The van der Waals surface area contributed by atoms with Gasteiger partial charge in [0.1, 0.15) is 0 Å². The van der Waals surface area contributed by atoms with Crippen molar-refractivity contribution in [1.29, 1.82) is 0 Å². The van der Waals surface area contributed by atoms with Crippen LogP contribution in [-0.4, -0.2) is 22.8 Å². The summed E-state index contributed by atoms with van der Waals surface area (Å²) in [6, 6.07) is 5.60. The van der Waals surface area contributed by atoms with Crippen LogP contribution in [0.3, 0.4) is 0 Å². The van der Waals surface area contributed by atoms with Gasteiger partial charge in [0.05, 0.1) is 27.3 Å². The fourth-order valence-corrected chi connectivity index (χ4v) is 3.30. The SMILES string of the molecule is CCc1nc(CN(C)C(=O)CCCc2ccc(Cl)c(Cl)c2)cs1. The van der Waals surface area contributed by atoms with E-state index < -0.39 is 0 Å². The second kappa shape index (κ2) is 8.67. The molecule has 23 heavy (non-hydrogen) atoms. The fraction of sp³-hybridized carbons (Fsp3) is 0.412. The molecule has 0 bridgehead atoms. The van der Waals surface area contributed by atoms with Gasteiger partial charge in [0.2, 0.25) is 5.91 Å². The Labute approximate surface area is 151 Å². The molecule has 124 valence electrons. The minimum absolute atomic E-state index is 0.135. The van der Waals surface area contributed by atoms with Gasteiger partial charge in [0.15, 0.2) is 0 Å². The van der Waals surface area contributed by atoms with Gasteiger partial charge in [-0.15, -0.1) is 11.3 Å². The lowest BCUT2D eigenvalue weighted by Crippen LogP contribution is -2.26. The van der Waals surface area contributed by atoms with Crippen LogP contribution >= 0.6 is 34.5 Å². The zero-order valence-corrected chi connectivity index (χ0v) is 15.6. The zero-order chi connectivity index (χ0) is 16.8. The maximum atomic E-state index is 12.2. The first-order chi connectivity index (χ1) is 11.0. The first-order valence-corrected chi connectivity index (χ1v) is 9.24. The van der Waals surface area contributed by atoms with Crippen LogP contribution in [0.4, 0.5) is 0 Å². The highest BCUT2D eigenvalue weighted by Crippen LogP contribution is 2.23. The van der Waals surface area contributed by atoms with Gasteiger partial charge in [-0.05, 0) is 37.0 Å². The second-order valence-electron chi connectivity index (χ2n) is 5.44. The van der Waals surface area contributed by atoms with E-state index in [-0.39, 0.29) is 5.91 Å². The van der Waals surface area contributed by atoms with E-state index in [2.05, 4.69) is 11.9 Å². The summed E-state index contributed by atoms with van der Waals surface area (Å²) in [5, 5.41) is 4.25. The third-order valence-electron chi connectivity index (χ3n) is 3.57. The summed E-state index contributed by atoms with van der Waals surface area (Å²) in [5.41, 5.74) is 2.06. The molecular weight excluding hydrogens is 351 g/mol. The van der Waals surface area contributed by atoms with Crippen LogP contribution in [0, 0.1) is 0 Å². The van der Waals surface area contributed by atoms with E-state index in [1.165, 1.54) is 0 Å². The minimum atomic E-state index is 0.135.